The number of methoxy groups -OCH3 is 2. The van der Waals surface area contributed by atoms with Gasteiger partial charge in [-0.3, -0.25) is 4.79 Å². The van der Waals surface area contributed by atoms with E-state index in [0.717, 1.165) is 0 Å². The molecule has 1 amide bonds. The van der Waals surface area contributed by atoms with E-state index in [0.29, 0.717) is 17.2 Å². The van der Waals surface area contributed by atoms with Gasteiger partial charge in [-0.25, -0.2) is 0 Å². The number of carbonyl (C=O) groups is 1. The molecule has 5 nitrogen and oxygen atoms in total. The zero-order valence-electron chi connectivity index (χ0n) is 10.1. The number of anilines is 1. The molecule has 0 aliphatic rings. The fourth-order valence-electron chi connectivity index (χ4n) is 1.50. The van der Waals surface area contributed by atoms with Gasteiger partial charge in [-0.15, -0.1) is 0 Å². The van der Waals surface area contributed by atoms with Gasteiger partial charge in [0.25, 0.3) is 5.91 Å². The quantitative estimate of drug-likeness (QED) is 0.901. The number of hydrogen-bond donors (Lipinski definition) is 1. The van der Waals surface area contributed by atoms with Crippen molar-refractivity contribution in [2.45, 2.75) is 0 Å². The molecule has 1 aromatic heterocycles. The highest BCUT2D eigenvalue weighted by Gasteiger charge is 2.12. The van der Waals surface area contributed by atoms with Crippen LogP contribution in [0, 0.1) is 0 Å². The zero-order valence-corrected chi connectivity index (χ0v) is 10.1. The molecule has 1 N–H and O–H groups in total. The molecule has 0 bridgehead atoms. The number of hydrogen-bond acceptors (Lipinski definition) is 4. The zero-order chi connectivity index (χ0) is 13.0. The fraction of sp³-hybridized carbons (Fsp3) is 0.154. The van der Waals surface area contributed by atoms with Crippen LogP contribution >= 0.6 is 0 Å². The van der Waals surface area contributed by atoms with Gasteiger partial charge in [0.2, 0.25) is 0 Å². The summed E-state index contributed by atoms with van der Waals surface area (Å²) in [5.74, 6) is 1.08. The highest BCUT2D eigenvalue weighted by molar-refractivity contribution is 6.03. The summed E-state index contributed by atoms with van der Waals surface area (Å²) >= 11 is 0. The monoisotopic (exact) mass is 247 g/mol. The van der Waals surface area contributed by atoms with E-state index in [-0.39, 0.29) is 11.7 Å². The van der Waals surface area contributed by atoms with E-state index >= 15 is 0 Å². The molecule has 94 valence electrons. The Morgan fingerprint density at radius 1 is 1.22 bits per heavy atom. The minimum Gasteiger partial charge on any atom is -0.497 e. The Hall–Kier alpha value is -2.43. The molecule has 1 heterocycles. The Labute approximate surface area is 104 Å². The molecule has 0 aliphatic carbocycles. The summed E-state index contributed by atoms with van der Waals surface area (Å²) < 4.78 is 15.3. The van der Waals surface area contributed by atoms with Gasteiger partial charge in [-0.1, -0.05) is 0 Å². The van der Waals surface area contributed by atoms with Crippen molar-refractivity contribution in [2.24, 2.45) is 0 Å². The molecule has 0 spiro atoms. The Bertz CT molecular complexity index is 534. The predicted octanol–water partition coefficient (Wildman–Crippen LogP) is 2.55. The van der Waals surface area contributed by atoms with Crippen LogP contribution in [0.25, 0.3) is 0 Å². The van der Waals surface area contributed by atoms with E-state index in [2.05, 4.69) is 5.32 Å². The molecule has 0 radical (unpaired) electrons. The molecule has 18 heavy (non-hydrogen) atoms. The van der Waals surface area contributed by atoms with Crippen LogP contribution in [0.5, 0.6) is 11.5 Å². The SMILES string of the molecule is COc1ccc(OC)c(NC(=O)c2ccco2)c1. The topological polar surface area (TPSA) is 60.7 Å². The third-order valence-electron chi connectivity index (χ3n) is 2.40. The molecule has 0 fully saturated rings. The molecule has 0 atom stereocenters. The van der Waals surface area contributed by atoms with Crippen LogP contribution in [-0.4, -0.2) is 20.1 Å². The van der Waals surface area contributed by atoms with Gasteiger partial charge in [-0.05, 0) is 24.3 Å². The Kier molecular flexibility index (Phi) is 3.52. The van der Waals surface area contributed by atoms with E-state index in [1.165, 1.54) is 13.4 Å². The first-order valence-corrected chi connectivity index (χ1v) is 5.31. The van der Waals surface area contributed by atoms with Gasteiger partial charge in [0, 0.05) is 6.07 Å². The highest BCUT2D eigenvalue weighted by atomic mass is 16.5. The number of benzene rings is 1. The molecule has 0 saturated carbocycles. The summed E-state index contributed by atoms with van der Waals surface area (Å²) in [5, 5.41) is 2.70. The standard InChI is InChI=1S/C13H13NO4/c1-16-9-5-6-11(17-2)10(8-9)14-13(15)12-4-3-7-18-12/h3-8H,1-2H3,(H,14,15). The van der Waals surface area contributed by atoms with Crippen molar-refractivity contribution < 1.29 is 18.7 Å². The molecular formula is C13H13NO4. The van der Waals surface area contributed by atoms with Crippen LogP contribution in [-0.2, 0) is 0 Å². The van der Waals surface area contributed by atoms with Crippen molar-refractivity contribution >= 4 is 11.6 Å². The van der Waals surface area contributed by atoms with Crippen LogP contribution in [0.4, 0.5) is 5.69 Å². The maximum Gasteiger partial charge on any atom is 0.291 e. The van der Waals surface area contributed by atoms with Crippen LogP contribution in [0.1, 0.15) is 10.6 Å². The van der Waals surface area contributed by atoms with Crippen LogP contribution in [0.2, 0.25) is 0 Å². The number of nitrogens with one attached hydrogen (secondary N) is 1. The van der Waals surface area contributed by atoms with Crippen molar-refractivity contribution in [1.82, 2.24) is 0 Å². The largest absolute Gasteiger partial charge is 0.497 e. The second kappa shape index (κ2) is 5.27. The van der Waals surface area contributed by atoms with Crippen molar-refractivity contribution in [1.29, 1.82) is 0 Å². The number of amides is 1. The smallest absolute Gasteiger partial charge is 0.291 e. The second-order valence-electron chi connectivity index (χ2n) is 3.50. The normalized spacial score (nSPS) is 9.89. The maximum absolute atomic E-state index is 11.8. The summed E-state index contributed by atoms with van der Waals surface area (Å²) in [7, 11) is 3.09. The Balaban J connectivity index is 2.24. The average Bonchev–Trinajstić information content (AvgIpc) is 2.92. The van der Waals surface area contributed by atoms with Gasteiger partial charge >= 0.3 is 0 Å². The van der Waals surface area contributed by atoms with E-state index < -0.39 is 0 Å². The first kappa shape index (κ1) is 12.0. The summed E-state index contributed by atoms with van der Waals surface area (Å²) in [6.45, 7) is 0. The first-order valence-electron chi connectivity index (χ1n) is 5.31. The average molecular weight is 247 g/mol. The van der Waals surface area contributed by atoms with Crippen LogP contribution in [0.15, 0.2) is 41.0 Å². The lowest BCUT2D eigenvalue weighted by atomic mass is 10.2. The number of carbonyl (C=O) groups excluding carboxylic acids is 1. The minimum atomic E-state index is -0.341. The second-order valence-corrected chi connectivity index (χ2v) is 3.50. The molecule has 2 aromatic rings. The fourth-order valence-corrected chi connectivity index (χ4v) is 1.50. The Morgan fingerprint density at radius 3 is 2.67 bits per heavy atom. The van der Waals surface area contributed by atoms with Crippen molar-refractivity contribution in [2.75, 3.05) is 19.5 Å². The first-order chi connectivity index (χ1) is 8.74. The molecule has 0 aliphatic heterocycles. The third kappa shape index (κ3) is 2.45. The predicted molar refractivity (Wildman–Crippen MR) is 66.2 cm³/mol. The highest BCUT2D eigenvalue weighted by Crippen LogP contribution is 2.29. The van der Waals surface area contributed by atoms with Crippen molar-refractivity contribution in [3.05, 3.63) is 42.4 Å². The van der Waals surface area contributed by atoms with E-state index in [1.54, 1.807) is 37.4 Å². The Morgan fingerprint density at radius 2 is 2.06 bits per heavy atom. The molecule has 0 saturated heterocycles. The van der Waals surface area contributed by atoms with E-state index in [4.69, 9.17) is 13.9 Å². The van der Waals surface area contributed by atoms with Gasteiger partial charge in [0.15, 0.2) is 5.76 Å². The lowest BCUT2D eigenvalue weighted by Gasteiger charge is -2.10. The number of rotatable bonds is 4. The lowest BCUT2D eigenvalue weighted by Crippen LogP contribution is -2.11. The summed E-state index contributed by atoms with van der Waals surface area (Å²) in [4.78, 5) is 11.8. The molecule has 0 unspecified atom stereocenters. The number of furan rings is 1. The van der Waals surface area contributed by atoms with E-state index in [9.17, 15) is 4.79 Å². The molecule has 1 aromatic carbocycles. The molecule has 2 rings (SSSR count). The van der Waals surface area contributed by atoms with Gasteiger partial charge in [0.1, 0.15) is 11.5 Å². The van der Waals surface area contributed by atoms with Crippen molar-refractivity contribution in [3.8, 4) is 11.5 Å². The summed E-state index contributed by atoms with van der Waals surface area (Å²) in [5.41, 5.74) is 0.526. The molecule has 5 heteroatoms. The number of ether oxygens (including phenoxy) is 2. The third-order valence-corrected chi connectivity index (χ3v) is 2.40. The van der Waals surface area contributed by atoms with Crippen molar-refractivity contribution in [3.63, 3.8) is 0 Å². The minimum absolute atomic E-state index is 0.236. The maximum atomic E-state index is 11.8. The van der Waals surface area contributed by atoms with Gasteiger partial charge < -0.3 is 19.2 Å². The van der Waals surface area contributed by atoms with E-state index in [1.807, 2.05) is 0 Å². The summed E-state index contributed by atoms with van der Waals surface area (Å²) in [6.07, 6.45) is 1.44. The summed E-state index contributed by atoms with van der Waals surface area (Å²) in [6, 6.07) is 8.39. The van der Waals surface area contributed by atoms with Gasteiger partial charge in [0.05, 0.1) is 26.2 Å². The van der Waals surface area contributed by atoms with Crippen LogP contribution in [0.3, 0.4) is 0 Å². The molecular weight excluding hydrogens is 234 g/mol. The lowest BCUT2D eigenvalue weighted by molar-refractivity contribution is 0.0996. The van der Waals surface area contributed by atoms with Gasteiger partial charge in [-0.2, -0.15) is 0 Å². The van der Waals surface area contributed by atoms with Crippen LogP contribution < -0.4 is 14.8 Å².